The first-order valence-electron chi connectivity index (χ1n) is 8.02. The van der Waals surface area contributed by atoms with E-state index in [1.807, 2.05) is 31.2 Å². The second-order valence-electron chi connectivity index (χ2n) is 5.76. The van der Waals surface area contributed by atoms with Crippen molar-refractivity contribution in [1.82, 2.24) is 15.5 Å². The molecule has 0 radical (unpaired) electrons. The van der Waals surface area contributed by atoms with Crippen LogP contribution in [0, 0.1) is 24.4 Å². The molecule has 1 aromatic heterocycles. The fourth-order valence-electron chi connectivity index (χ4n) is 2.35. The minimum absolute atomic E-state index is 0.0693. The van der Waals surface area contributed by atoms with Crippen LogP contribution in [-0.2, 0) is 6.54 Å². The number of aryl methyl sites for hydroxylation is 1. The molecular weight excluding hydrogens is 357 g/mol. The van der Waals surface area contributed by atoms with Gasteiger partial charge in [0.15, 0.2) is 29.0 Å². The third-order valence-corrected chi connectivity index (χ3v) is 3.90. The third-order valence-electron chi connectivity index (χ3n) is 3.90. The summed E-state index contributed by atoms with van der Waals surface area (Å²) in [7, 11) is 0. The van der Waals surface area contributed by atoms with Crippen LogP contribution in [0.3, 0.4) is 0 Å². The molecule has 1 amide bonds. The fourth-order valence-corrected chi connectivity index (χ4v) is 2.35. The van der Waals surface area contributed by atoms with E-state index in [9.17, 15) is 18.0 Å². The van der Waals surface area contributed by atoms with Gasteiger partial charge in [0.25, 0.3) is 5.91 Å². The van der Waals surface area contributed by atoms with Gasteiger partial charge in [-0.1, -0.05) is 24.3 Å². The molecule has 2 N–H and O–H groups in total. The van der Waals surface area contributed by atoms with Crippen LogP contribution >= 0.6 is 0 Å². The lowest BCUT2D eigenvalue weighted by Gasteiger charge is -2.09. The number of aromatic nitrogens is 2. The van der Waals surface area contributed by atoms with Crippen molar-refractivity contribution in [1.29, 1.82) is 0 Å². The predicted octanol–water partition coefficient (Wildman–Crippen LogP) is 3.88. The molecule has 3 rings (SSSR count). The highest BCUT2D eigenvalue weighted by Gasteiger charge is 2.14. The molecule has 0 aliphatic rings. The number of hydrogen-bond donors (Lipinski definition) is 2. The number of benzene rings is 2. The van der Waals surface area contributed by atoms with Crippen molar-refractivity contribution in [3.63, 3.8) is 0 Å². The molecule has 27 heavy (non-hydrogen) atoms. The average Bonchev–Trinajstić information content (AvgIpc) is 2.68. The van der Waals surface area contributed by atoms with Crippen LogP contribution in [-0.4, -0.2) is 16.1 Å². The number of rotatable bonds is 5. The zero-order chi connectivity index (χ0) is 19.4. The number of carbonyl (C=O) groups is 1. The molecule has 0 unspecified atom stereocenters. The van der Waals surface area contributed by atoms with E-state index in [2.05, 4.69) is 20.8 Å². The summed E-state index contributed by atoms with van der Waals surface area (Å²) in [4.78, 5) is 12.1. The lowest BCUT2D eigenvalue weighted by atomic mass is 10.1. The molecule has 0 aliphatic carbocycles. The Hall–Kier alpha value is -3.42. The lowest BCUT2D eigenvalue weighted by molar-refractivity contribution is 0.0945. The van der Waals surface area contributed by atoms with Gasteiger partial charge < -0.3 is 10.6 Å². The van der Waals surface area contributed by atoms with Gasteiger partial charge in [0, 0.05) is 6.54 Å². The van der Waals surface area contributed by atoms with E-state index in [4.69, 9.17) is 0 Å². The Morgan fingerprint density at radius 1 is 0.963 bits per heavy atom. The smallest absolute Gasteiger partial charge is 0.272 e. The zero-order valence-corrected chi connectivity index (χ0v) is 14.3. The number of anilines is 2. The van der Waals surface area contributed by atoms with Gasteiger partial charge in [-0.3, -0.25) is 4.79 Å². The largest absolute Gasteiger partial charge is 0.347 e. The van der Waals surface area contributed by atoms with E-state index in [1.165, 1.54) is 12.1 Å². The summed E-state index contributed by atoms with van der Waals surface area (Å²) < 4.78 is 39.8. The second-order valence-corrected chi connectivity index (χ2v) is 5.76. The quantitative estimate of drug-likeness (QED) is 0.667. The Kier molecular flexibility index (Phi) is 5.35. The number of hydrogen-bond acceptors (Lipinski definition) is 4. The summed E-state index contributed by atoms with van der Waals surface area (Å²) >= 11 is 0. The molecule has 0 saturated carbocycles. The molecule has 8 heteroatoms. The van der Waals surface area contributed by atoms with Crippen molar-refractivity contribution in [2.24, 2.45) is 0 Å². The molecule has 0 aliphatic heterocycles. The van der Waals surface area contributed by atoms with E-state index >= 15 is 0 Å². The van der Waals surface area contributed by atoms with Gasteiger partial charge >= 0.3 is 0 Å². The summed E-state index contributed by atoms with van der Waals surface area (Å²) in [5, 5.41) is 12.7. The second kappa shape index (κ2) is 7.86. The first kappa shape index (κ1) is 18.4. The molecule has 5 nitrogen and oxygen atoms in total. The number of nitrogens with zero attached hydrogens (tertiary/aromatic N) is 2. The number of halogens is 3. The summed E-state index contributed by atoms with van der Waals surface area (Å²) in [6, 6.07) is 12.3. The van der Waals surface area contributed by atoms with Gasteiger partial charge in [0.1, 0.15) is 0 Å². The van der Waals surface area contributed by atoms with E-state index in [0.29, 0.717) is 6.54 Å². The molecule has 1 heterocycles. The van der Waals surface area contributed by atoms with Crippen molar-refractivity contribution in [3.05, 3.63) is 82.8 Å². The van der Waals surface area contributed by atoms with Crippen molar-refractivity contribution >= 4 is 17.4 Å². The average molecular weight is 372 g/mol. The topological polar surface area (TPSA) is 66.9 Å². The van der Waals surface area contributed by atoms with Crippen LogP contribution in [0.1, 0.15) is 21.6 Å². The van der Waals surface area contributed by atoms with Crippen molar-refractivity contribution in [2.45, 2.75) is 13.5 Å². The van der Waals surface area contributed by atoms with Gasteiger partial charge in [-0.05, 0) is 42.3 Å². The first-order valence-corrected chi connectivity index (χ1v) is 8.02. The maximum absolute atomic E-state index is 13.7. The summed E-state index contributed by atoms with van der Waals surface area (Å²) in [5.41, 5.74) is 1.81. The highest BCUT2D eigenvalue weighted by molar-refractivity contribution is 5.92. The zero-order valence-electron chi connectivity index (χ0n) is 14.3. The summed E-state index contributed by atoms with van der Waals surface area (Å²) in [5.74, 6) is -4.58. The van der Waals surface area contributed by atoms with Gasteiger partial charge in [0.05, 0.1) is 5.69 Å². The molecule has 3 aromatic rings. The van der Waals surface area contributed by atoms with Crippen LogP contribution in [0.2, 0.25) is 0 Å². The molecule has 138 valence electrons. The maximum Gasteiger partial charge on any atom is 0.272 e. The SMILES string of the molecule is Cc1ccccc1CNC(=O)c1ccc(Nc2ccc(F)c(F)c2F)nn1. The van der Waals surface area contributed by atoms with Crippen molar-refractivity contribution < 1.29 is 18.0 Å². The van der Waals surface area contributed by atoms with Gasteiger partial charge in [-0.15, -0.1) is 10.2 Å². The number of carbonyl (C=O) groups excluding carboxylic acids is 1. The van der Waals surface area contributed by atoms with Crippen LogP contribution in [0.4, 0.5) is 24.7 Å². The van der Waals surface area contributed by atoms with Gasteiger partial charge in [-0.2, -0.15) is 0 Å². The van der Waals surface area contributed by atoms with Crippen LogP contribution in [0.25, 0.3) is 0 Å². The number of amides is 1. The molecule has 2 aromatic carbocycles. The Labute approximate surface area is 153 Å². The summed E-state index contributed by atoms with van der Waals surface area (Å²) in [6.07, 6.45) is 0. The van der Waals surface area contributed by atoms with Crippen LogP contribution < -0.4 is 10.6 Å². The van der Waals surface area contributed by atoms with E-state index < -0.39 is 23.4 Å². The maximum atomic E-state index is 13.7. The molecule has 0 atom stereocenters. The Balaban J connectivity index is 1.65. The van der Waals surface area contributed by atoms with E-state index in [0.717, 1.165) is 23.3 Å². The summed E-state index contributed by atoms with van der Waals surface area (Å²) in [6.45, 7) is 2.28. The highest BCUT2D eigenvalue weighted by atomic mass is 19.2. The normalized spacial score (nSPS) is 10.5. The monoisotopic (exact) mass is 372 g/mol. The van der Waals surface area contributed by atoms with Crippen LogP contribution in [0.5, 0.6) is 0 Å². The van der Waals surface area contributed by atoms with Crippen molar-refractivity contribution in [3.8, 4) is 0 Å². The molecule has 0 spiro atoms. The highest BCUT2D eigenvalue weighted by Crippen LogP contribution is 2.22. The van der Waals surface area contributed by atoms with Gasteiger partial charge in [-0.25, -0.2) is 13.2 Å². The minimum atomic E-state index is -1.58. The third kappa shape index (κ3) is 4.22. The Morgan fingerprint density at radius 2 is 1.74 bits per heavy atom. The molecule has 0 saturated heterocycles. The van der Waals surface area contributed by atoms with E-state index in [-0.39, 0.29) is 17.2 Å². The number of nitrogens with one attached hydrogen (secondary N) is 2. The van der Waals surface area contributed by atoms with Crippen molar-refractivity contribution in [2.75, 3.05) is 5.32 Å². The van der Waals surface area contributed by atoms with E-state index in [1.54, 1.807) is 0 Å². The van der Waals surface area contributed by atoms with Crippen LogP contribution in [0.15, 0.2) is 48.5 Å². The minimum Gasteiger partial charge on any atom is -0.347 e. The standard InChI is InChI=1S/C19H15F3N4O/c1-11-4-2-3-5-12(11)10-23-19(27)15-8-9-16(26-25-15)24-14-7-6-13(20)17(21)18(14)22/h2-9H,10H2,1H3,(H,23,27)(H,24,26). The predicted molar refractivity (Wildman–Crippen MR) is 94.0 cm³/mol. The lowest BCUT2D eigenvalue weighted by Crippen LogP contribution is -2.24. The molecule has 0 bridgehead atoms. The first-order chi connectivity index (χ1) is 13.0. The molecular formula is C19H15F3N4O. The van der Waals surface area contributed by atoms with Gasteiger partial charge in [0.2, 0.25) is 0 Å². The fraction of sp³-hybridized carbons (Fsp3) is 0.105. The Morgan fingerprint density at radius 3 is 2.44 bits per heavy atom. The Bertz CT molecular complexity index is 977. The molecule has 0 fully saturated rings.